The van der Waals surface area contributed by atoms with Gasteiger partial charge >= 0.3 is 11.9 Å². The van der Waals surface area contributed by atoms with E-state index < -0.39 is 30.4 Å². The minimum atomic E-state index is -0.604. The Balaban J connectivity index is 1.19. The number of carbonyl (C=O) groups is 2. The number of hydrogen-bond donors (Lipinski definition) is 0. The first-order valence-corrected chi connectivity index (χ1v) is 16.8. The molecule has 10 atom stereocenters. The van der Waals surface area contributed by atoms with E-state index in [4.69, 9.17) is 23.7 Å². The normalized spacial score (nSPS) is 40.3. The van der Waals surface area contributed by atoms with Crippen LogP contribution < -0.4 is 0 Å². The molecule has 1 unspecified atom stereocenters. The molecule has 1 heterocycles. The van der Waals surface area contributed by atoms with Crippen molar-refractivity contribution in [2.24, 2.45) is 34.5 Å². The van der Waals surface area contributed by atoms with Gasteiger partial charge < -0.3 is 23.7 Å². The van der Waals surface area contributed by atoms with Crippen molar-refractivity contribution in [1.29, 1.82) is 0 Å². The first-order valence-electron chi connectivity index (χ1n) is 16.8. The van der Waals surface area contributed by atoms with Gasteiger partial charge in [0.2, 0.25) is 0 Å². The first kappa shape index (κ1) is 32.4. The molecule has 0 bridgehead atoms. The maximum atomic E-state index is 11.6. The lowest BCUT2D eigenvalue weighted by molar-refractivity contribution is -0.213. The van der Waals surface area contributed by atoms with Crippen molar-refractivity contribution in [1.82, 2.24) is 0 Å². The van der Waals surface area contributed by atoms with Crippen molar-refractivity contribution in [3.8, 4) is 0 Å². The molecule has 1 aliphatic heterocycles. The van der Waals surface area contributed by atoms with Crippen LogP contribution in [0.3, 0.4) is 0 Å². The van der Waals surface area contributed by atoms with Crippen LogP contribution in [-0.4, -0.2) is 56.9 Å². The van der Waals surface area contributed by atoms with Gasteiger partial charge in [0, 0.05) is 27.6 Å². The van der Waals surface area contributed by atoms with Gasteiger partial charge in [-0.1, -0.05) is 37.6 Å². The maximum absolute atomic E-state index is 11.6. The predicted octanol–water partition coefficient (Wildman–Crippen LogP) is 7.10. The van der Waals surface area contributed by atoms with Gasteiger partial charge in [-0.05, 0) is 117 Å². The van der Waals surface area contributed by atoms with Gasteiger partial charge in [-0.15, -0.1) is 0 Å². The zero-order valence-corrected chi connectivity index (χ0v) is 27.1. The third-order valence-corrected chi connectivity index (χ3v) is 11.7. The lowest BCUT2D eigenvalue weighted by Gasteiger charge is -2.58. The SMILES string of the molecule is COCCCC/C=C/[C@H]1CC[C@H]2[C@@H]3CC=C4C[C@@H](OC5C=C[C@H](OC(C)=O)[C@@H](COC(C)=O)O5)CC[C@]4(C)[C@H]3CC[C@]12C. The lowest BCUT2D eigenvalue weighted by atomic mass is 9.47. The van der Waals surface area contributed by atoms with Crippen LogP contribution in [0.5, 0.6) is 0 Å². The summed E-state index contributed by atoms with van der Waals surface area (Å²) in [6, 6.07) is 0. The smallest absolute Gasteiger partial charge is 0.303 e. The molecular formula is C36H54O7. The summed E-state index contributed by atoms with van der Waals surface area (Å²) in [6.45, 7) is 8.74. The number of esters is 2. The molecule has 0 aromatic heterocycles. The number of rotatable bonds is 11. The zero-order chi connectivity index (χ0) is 30.6. The highest BCUT2D eigenvalue weighted by atomic mass is 16.7. The molecule has 5 rings (SSSR count). The zero-order valence-electron chi connectivity index (χ0n) is 27.1. The maximum Gasteiger partial charge on any atom is 0.303 e. The van der Waals surface area contributed by atoms with E-state index in [9.17, 15) is 9.59 Å². The Hall–Kier alpha value is -1.96. The van der Waals surface area contributed by atoms with Crippen LogP contribution in [0.2, 0.25) is 0 Å². The number of carbonyl (C=O) groups excluding carboxylic acids is 2. The van der Waals surface area contributed by atoms with Crippen LogP contribution in [-0.2, 0) is 33.3 Å². The van der Waals surface area contributed by atoms with Crippen LogP contribution in [0.1, 0.15) is 98.3 Å². The topological polar surface area (TPSA) is 80.3 Å². The van der Waals surface area contributed by atoms with Crippen LogP contribution in [0.25, 0.3) is 0 Å². The summed E-state index contributed by atoms with van der Waals surface area (Å²) in [5.41, 5.74) is 2.26. The fraction of sp³-hybridized carbons (Fsp3) is 0.778. The Morgan fingerprint density at radius 3 is 2.63 bits per heavy atom. The van der Waals surface area contributed by atoms with E-state index in [0.717, 1.165) is 56.0 Å². The van der Waals surface area contributed by atoms with Gasteiger partial charge in [0.1, 0.15) is 18.8 Å². The van der Waals surface area contributed by atoms with Gasteiger partial charge in [0.05, 0.1) is 6.10 Å². The Bertz CT molecular complexity index is 1080. The number of methoxy groups -OCH3 is 1. The number of ether oxygens (including phenoxy) is 5. The second kappa shape index (κ2) is 14.0. The number of unbranched alkanes of at least 4 members (excludes halogenated alkanes) is 2. The highest BCUT2D eigenvalue weighted by molar-refractivity contribution is 5.66. The molecule has 5 aliphatic rings. The van der Waals surface area contributed by atoms with E-state index in [-0.39, 0.29) is 18.1 Å². The number of fused-ring (bicyclic) bond motifs is 5. The molecule has 0 N–H and O–H groups in total. The van der Waals surface area contributed by atoms with E-state index >= 15 is 0 Å². The monoisotopic (exact) mass is 598 g/mol. The van der Waals surface area contributed by atoms with Gasteiger partial charge in [0.15, 0.2) is 6.29 Å². The Morgan fingerprint density at radius 2 is 1.86 bits per heavy atom. The summed E-state index contributed by atoms with van der Waals surface area (Å²) in [4.78, 5) is 23.0. The van der Waals surface area contributed by atoms with Gasteiger partial charge in [-0.2, -0.15) is 0 Å². The van der Waals surface area contributed by atoms with Crippen LogP contribution >= 0.6 is 0 Å². The molecule has 0 saturated heterocycles. The third-order valence-electron chi connectivity index (χ3n) is 11.7. The van der Waals surface area contributed by atoms with E-state index in [1.807, 2.05) is 6.08 Å². The lowest BCUT2D eigenvalue weighted by Crippen LogP contribution is -2.50. The molecule has 0 aromatic rings. The minimum Gasteiger partial charge on any atom is -0.463 e. The summed E-state index contributed by atoms with van der Waals surface area (Å²) >= 11 is 0. The van der Waals surface area contributed by atoms with Gasteiger partial charge in [0.25, 0.3) is 0 Å². The van der Waals surface area contributed by atoms with E-state index in [0.29, 0.717) is 5.41 Å². The quantitative estimate of drug-likeness (QED) is 0.143. The van der Waals surface area contributed by atoms with Crippen molar-refractivity contribution in [2.45, 2.75) is 123 Å². The summed E-state index contributed by atoms with van der Waals surface area (Å²) in [5, 5.41) is 0. The molecule has 0 aromatic carbocycles. The summed E-state index contributed by atoms with van der Waals surface area (Å²) in [6.07, 6.45) is 22.7. The van der Waals surface area contributed by atoms with Crippen molar-refractivity contribution in [2.75, 3.05) is 20.3 Å². The first-order chi connectivity index (χ1) is 20.6. The second-order valence-corrected chi connectivity index (χ2v) is 14.2. The van der Waals surface area contributed by atoms with Gasteiger partial charge in [-0.25, -0.2) is 0 Å². The van der Waals surface area contributed by atoms with E-state index in [2.05, 4.69) is 32.1 Å². The van der Waals surface area contributed by atoms with Crippen molar-refractivity contribution < 1.29 is 33.3 Å². The largest absolute Gasteiger partial charge is 0.463 e. The Morgan fingerprint density at radius 1 is 1.02 bits per heavy atom. The standard InChI is InChI=1S/C36H54O7/c1-24(37)40-23-33-32(41-25(2)38)15-16-34(43-33)42-28-17-19-36(4)27(22-28)11-13-29-30-14-12-26(10-8-6-7-9-21-39-5)35(30,3)20-18-31(29)36/h8,10-11,15-16,26,28-34H,6-7,9,12-14,17-23H2,1-5H3/b10-8+/t26-,28-,29-,30-,31-,32-,33+,34?,35+,36-/m0/s1. The highest BCUT2D eigenvalue weighted by Crippen LogP contribution is 2.66. The molecule has 0 radical (unpaired) electrons. The molecule has 43 heavy (non-hydrogen) atoms. The molecule has 240 valence electrons. The molecule has 3 saturated carbocycles. The van der Waals surface area contributed by atoms with Crippen LogP contribution in [0.4, 0.5) is 0 Å². The van der Waals surface area contributed by atoms with E-state index in [1.165, 1.54) is 58.8 Å². The average Bonchev–Trinajstić information content (AvgIpc) is 3.31. The average molecular weight is 599 g/mol. The Labute approximate surface area is 258 Å². The van der Waals surface area contributed by atoms with Crippen molar-refractivity contribution in [3.63, 3.8) is 0 Å². The van der Waals surface area contributed by atoms with E-state index in [1.54, 1.807) is 18.8 Å². The fourth-order valence-electron chi connectivity index (χ4n) is 9.40. The van der Waals surface area contributed by atoms with Crippen LogP contribution in [0, 0.1) is 34.5 Å². The number of allylic oxidation sites excluding steroid dienone is 3. The molecule has 0 spiro atoms. The van der Waals surface area contributed by atoms with Crippen molar-refractivity contribution in [3.05, 3.63) is 36.0 Å². The minimum absolute atomic E-state index is 0.0135. The Kier molecular flexibility index (Phi) is 10.6. The summed E-state index contributed by atoms with van der Waals surface area (Å²) in [5.74, 6) is 2.28. The predicted molar refractivity (Wildman–Crippen MR) is 165 cm³/mol. The third kappa shape index (κ3) is 7.15. The van der Waals surface area contributed by atoms with Crippen molar-refractivity contribution >= 4 is 11.9 Å². The molecule has 0 amide bonds. The molecule has 4 aliphatic carbocycles. The molecule has 7 heteroatoms. The molecule has 7 nitrogen and oxygen atoms in total. The molecular weight excluding hydrogens is 544 g/mol. The highest BCUT2D eigenvalue weighted by Gasteiger charge is 2.58. The molecule has 3 fully saturated rings. The second-order valence-electron chi connectivity index (χ2n) is 14.2. The summed E-state index contributed by atoms with van der Waals surface area (Å²) < 4.78 is 28.4. The van der Waals surface area contributed by atoms with Gasteiger partial charge in [-0.3, -0.25) is 9.59 Å². The number of hydrogen-bond acceptors (Lipinski definition) is 7. The fourth-order valence-corrected chi connectivity index (χ4v) is 9.40. The van der Waals surface area contributed by atoms with Crippen LogP contribution in [0.15, 0.2) is 36.0 Å². The summed E-state index contributed by atoms with van der Waals surface area (Å²) in [7, 11) is 1.79.